The van der Waals surface area contributed by atoms with Gasteiger partial charge in [0, 0.05) is 0 Å². The molecule has 98 valence electrons. The van der Waals surface area contributed by atoms with Crippen LogP contribution in [0.25, 0.3) is 0 Å². The molecule has 0 heterocycles. The molecule has 0 unspecified atom stereocenters. The highest BCUT2D eigenvalue weighted by molar-refractivity contribution is 6.22. The van der Waals surface area contributed by atoms with Crippen LogP contribution in [0.3, 0.4) is 0 Å². The lowest BCUT2D eigenvalue weighted by Crippen LogP contribution is -2.10. The third kappa shape index (κ3) is 2.65. The Morgan fingerprint density at radius 3 is 1.89 bits per heavy atom. The zero-order chi connectivity index (χ0) is 14.2. The summed E-state index contributed by atoms with van der Waals surface area (Å²) in [7, 11) is 0. The Bertz CT molecular complexity index is 602. The fraction of sp³-hybridized carbons (Fsp3) is 0.250. The number of hydrogen-bond donors (Lipinski definition) is 1. The molecule has 0 fully saturated rings. The van der Waals surface area contributed by atoms with Crippen molar-refractivity contribution >= 4 is 17.2 Å². The lowest BCUT2D eigenvalue weighted by atomic mass is 9.97. The molecular weight excluding hydrogens is 238 g/mol. The van der Waals surface area contributed by atoms with Crippen molar-refractivity contribution in [1.29, 1.82) is 0 Å². The number of phenols is 1. The third-order valence-corrected chi connectivity index (χ3v) is 3.18. The van der Waals surface area contributed by atoms with Crippen LogP contribution in [0.1, 0.15) is 25.0 Å². The second-order valence-corrected chi connectivity index (χ2v) is 4.95. The number of hydrogen-bond acceptors (Lipinski definition) is 3. The Labute approximate surface area is 113 Å². The summed E-state index contributed by atoms with van der Waals surface area (Å²) < 4.78 is 0. The molecule has 3 heteroatoms. The van der Waals surface area contributed by atoms with E-state index in [2.05, 4.69) is 4.99 Å². The number of benzene rings is 1. The first-order chi connectivity index (χ1) is 8.88. The summed E-state index contributed by atoms with van der Waals surface area (Å²) in [4.78, 5) is 16.0. The van der Waals surface area contributed by atoms with Crippen LogP contribution in [0.2, 0.25) is 0 Å². The molecule has 1 N–H and O–H groups in total. The van der Waals surface area contributed by atoms with Crippen LogP contribution in [-0.2, 0) is 4.79 Å². The second-order valence-electron chi connectivity index (χ2n) is 4.95. The van der Waals surface area contributed by atoms with E-state index in [1.165, 1.54) is 0 Å². The van der Waals surface area contributed by atoms with Crippen molar-refractivity contribution in [3.63, 3.8) is 0 Å². The van der Waals surface area contributed by atoms with Crippen LogP contribution in [-0.4, -0.2) is 16.6 Å². The highest BCUT2D eigenvalue weighted by Gasteiger charge is 2.13. The highest BCUT2D eigenvalue weighted by atomic mass is 16.3. The molecule has 3 nitrogen and oxygen atoms in total. The lowest BCUT2D eigenvalue weighted by Gasteiger charge is -2.12. The van der Waals surface area contributed by atoms with Gasteiger partial charge in [-0.25, -0.2) is 4.99 Å². The maximum Gasteiger partial charge on any atom is 0.179 e. The fourth-order valence-corrected chi connectivity index (χ4v) is 2.22. The molecule has 0 spiro atoms. The van der Waals surface area contributed by atoms with E-state index in [1.807, 2.05) is 39.8 Å². The van der Waals surface area contributed by atoms with Crippen LogP contribution in [0.15, 0.2) is 40.4 Å². The summed E-state index contributed by atoms with van der Waals surface area (Å²) in [5.41, 5.74) is 4.95. The summed E-state index contributed by atoms with van der Waals surface area (Å²) in [6.45, 7) is 7.46. The molecule has 0 aromatic heterocycles. The van der Waals surface area contributed by atoms with Crippen LogP contribution in [0.5, 0.6) is 5.75 Å². The Kier molecular flexibility index (Phi) is 3.38. The number of aromatic hydroxyl groups is 1. The van der Waals surface area contributed by atoms with Crippen molar-refractivity contribution in [2.75, 3.05) is 0 Å². The number of carbonyl (C=O) groups is 1. The first kappa shape index (κ1) is 13.3. The molecule has 1 aliphatic carbocycles. The topological polar surface area (TPSA) is 49.7 Å². The van der Waals surface area contributed by atoms with Crippen LogP contribution in [0.4, 0.5) is 5.69 Å². The minimum atomic E-state index is 0.00650. The first-order valence-electron chi connectivity index (χ1n) is 6.18. The van der Waals surface area contributed by atoms with E-state index in [9.17, 15) is 9.90 Å². The number of rotatable bonds is 1. The average Bonchev–Trinajstić information content (AvgIpc) is 2.30. The minimum absolute atomic E-state index is 0.00650. The maximum atomic E-state index is 11.4. The van der Waals surface area contributed by atoms with Gasteiger partial charge in [0.1, 0.15) is 5.75 Å². The number of carbonyl (C=O) groups excluding carboxylic acids is 1. The molecule has 1 aromatic rings. The molecule has 1 aromatic carbocycles. The second kappa shape index (κ2) is 4.84. The normalized spacial score (nSPS) is 15.2. The molecular formula is C16H17NO2. The quantitative estimate of drug-likeness (QED) is 0.780. The van der Waals surface area contributed by atoms with E-state index < -0.39 is 0 Å². The van der Waals surface area contributed by atoms with Gasteiger partial charge < -0.3 is 5.11 Å². The Balaban J connectivity index is 2.50. The van der Waals surface area contributed by atoms with Gasteiger partial charge in [0.05, 0.1) is 11.4 Å². The molecule has 0 radical (unpaired) electrons. The first-order valence-corrected chi connectivity index (χ1v) is 6.18. The minimum Gasteiger partial charge on any atom is -0.507 e. The zero-order valence-corrected chi connectivity index (χ0v) is 11.6. The van der Waals surface area contributed by atoms with Crippen molar-refractivity contribution in [3.8, 4) is 5.75 Å². The van der Waals surface area contributed by atoms with Gasteiger partial charge in [-0.1, -0.05) is 0 Å². The summed E-state index contributed by atoms with van der Waals surface area (Å²) in [6.07, 6.45) is 3.18. The number of aliphatic imine (C=N–C) groups is 1. The van der Waals surface area contributed by atoms with Gasteiger partial charge in [0.25, 0.3) is 0 Å². The monoisotopic (exact) mass is 255 g/mol. The van der Waals surface area contributed by atoms with E-state index in [-0.39, 0.29) is 5.78 Å². The van der Waals surface area contributed by atoms with Crippen molar-refractivity contribution in [1.82, 2.24) is 0 Å². The molecule has 0 atom stereocenters. The van der Waals surface area contributed by atoms with Gasteiger partial charge in [-0.05, 0) is 74.3 Å². The van der Waals surface area contributed by atoms with E-state index in [0.717, 1.165) is 33.7 Å². The van der Waals surface area contributed by atoms with Gasteiger partial charge in [0.15, 0.2) is 5.78 Å². The highest BCUT2D eigenvalue weighted by Crippen LogP contribution is 2.28. The van der Waals surface area contributed by atoms with Crippen molar-refractivity contribution in [3.05, 3.63) is 46.6 Å². The van der Waals surface area contributed by atoms with Gasteiger partial charge in [-0.3, -0.25) is 4.79 Å². The molecule has 2 rings (SSSR count). The van der Waals surface area contributed by atoms with E-state index in [0.29, 0.717) is 5.75 Å². The summed E-state index contributed by atoms with van der Waals surface area (Å²) in [6, 6.07) is 3.68. The molecule has 1 aliphatic rings. The maximum absolute atomic E-state index is 11.4. The molecule has 0 aliphatic heterocycles. The lowest BCUT2D eigenvalue weighted by molar-refractivity contribution is -0.110. The summed E-state index contributed by atoms with van der Waals surface area (Å²) >= 11 is 0. The van der Waals surface area contributed by atoms with Crippen molar-refractivity contribution in [2.45, 2.75) is 27.7 Å². The molecule has 0 saturated carbocycles. The van der Waals surface area contributed by atoms with Crippen LogP contribution in [0, 0.1) is 13.8 Å². The number of allylic oxidation sites excluding steroid dienone is 4. The smallest absolute Gasteiger partial charge is 0.179 e. The predicted octanol–water partition coefficient (Wildman–Crippen LogP) is 3.56. The van der Waals surface area contributed by atoms with Gasteiger partial charge in [-0.15, -0.1) is 0 Å². The molecule has 0 saturated heterocycles. The van der Waals surface area contributed by atoms with Gasteiger partial charge in [0.2, 0.25) is 0 Å². The Morgan fingerprint density at radius 1 is 0.947 bits per heavy atom. The van der Waals surface area contributed by atoms with Crippen molar-refractivity contribution < 1.29 is 9.90 Å². The van der Waals surface area contributed by atoms with Crippen LogP contribution >= 0.6 is 0 Å². The number of ketones is 1. The molecule has 19 heavy (non-hydrogen) atoms. The van der Waals surface area contributed by atoms with E-state index >= 15 is 0 Å². The van der Waals surface area contributed by atoms with E-state index in [4.69, 9.17) is 0 Å². The van der Waals surface area contributed by atoms with Gasteiger partial charge >= 0.3 is 0 Å². The molecule has 0 amide bonds. The number of phenolic OH excluding ortho intramolecular Hbond substituents is 1. The SMILES string of the molecule is CC1=CC(=O)C=C(C)C1=Nc1cc(C)c(O)c(C)c1. The van der Waals surface area contributed by atoms with Gasteiger partial charge in [-0.2, -0.15) is 0 Å². The Morgan fingerprint density at radius 2 is 1.42 bits per heavy atom. The largest absolute Gasteiger partial charge is 0.507 e. The average molecular weight is 255 g/mol. The van der Waals surface area contributed by atoms with E-state index in [1.54, 1.807) is 12.2 Å². The van der Waals surface area contributed by atoms with Crippen LogP contribution < -0.4 is 0 Å². The molecule has 0 bridgehead atoms. The number of nitrogens with zero attached hydrogens (tertiary/aromatic N) is 1. The fourth-order valence-electron chi connectivity index (χ4n) is 2.22. The van der Waals surface area contributed by atoms with Crippen molar-refractivity contribution in [2.24, 2.45) is 4.99 Å². The third-order valence-electron chi connectivity index (χ3n) is 3.18. The Hall–Kier alpha value is -2.16. The summed E-state index contributed by atoms with van der Waals surface area (Å²) in [5, 5.41) is 9.76. The zero-order valence-electron chi connectivity index (χ0n) is 11.6. The predicted molar refractivity (Wildman–Crippen MR) is 77.2 cm³/mol. The number of aryl methyl sites for hydroxylation is 2. The summed E-state index contributed by atoms with van der Waals surface area (Å²) in [5.74, 6) is 0.314. The standard InChI is InChI=1S/C16H17NO2/c1-9-7-14(18)8-10(2)15(9)17-13-5-11(3)16(19)12(4)6-13/h5-8,19H,1-4H3.